The molecular formula is C15H25NO2. The number of nitrogens with one attached hydrogen (secondary N) is 1. The lowest BCUT2D eigenvalue weighted by Crippen LogP contribution is -2.48. The molecule has 0 aromatic rings. The molecule has 0 heterocycles. The summed E-state index contributed by atoms with van der Waals surface area (Å²) in [7, 11) is 0. The highest BCUT2D eigenvalue weighted by Crippen LogP contribution is 2.61. The van der Waals surface area contributed by atoms with Crippen LogP contribution in [0.25, 0.3) is 0 Å². The van der Waals surface area contributed by atoms with Gasteiger partial charge in [-0.05, 0) is 68.1 Å². The molecule has 2 N–H and O–H groups in total. The van der Waals surface area contributed by atoms with Crippen LogP contribution in [0, 0.1) is 23.2 Å². The largest absolute Gasteiger partial charge is 0.396 e. The summed E-state index contributed by atoms with van der Waals surface area (Å²) in [6.07, 6.45) is 9.61. The van der Waals surface area contributed by atoms with E-state index in [1.54, 1.807) is 0 Å². The summed E-state index contributed by atoms with van der Waals surface area (Å²) in [5.41, 5.74) is 0.345. The van der Waals surface area contributed by atoms with Crippen molar-refractivity contribution in [3.63, 3.8) is 0 Å². The second-order valence-corrected chi connectivity index (χ2v) is 7.02. The molecule has 4 bridgehead atoms. The molecule has 4 fully saturated rings. The molecule has 0 spiro atoms. The molecule has 4 aliphatic carbocycles. The van der Waals surface area contributed by atoms with E-state index in [9.17, 15) is 4.79 Å². The van der Waals surface area contributed by atoms with Gasteiger partial charge in [0, 0.05) is 19.6 Å². The van der Waals surface area contributed by atoms with Crippen molar-refractivity contribution in [3.8, 4) is 0 Å². The van der Waals surface area contributed by atoms with Gasteiger partial charge in [0.15, 0.2) is 0 Å². The third kappa shape index (κ3) is 2.42. The molecule has 0 radical (unpaired) electrons. The number of amides is 1. The van der Waals surface area contributed by atoms with Gasteiger partial charge in [0.05, 0.1) is 0 Å². The predicted octanol–water partition coefficient (Wildman–Crippen LogP) is 2.09. The normalized spacial score (nSPS) is 41.1. The van der Waals surface area contributed by atoms with E-state index in [-0.39, 0.29) is 12.5 Å². The first-order chi connectivity index (χ1) is 8.69. The van der Waals surface area contributed by atoms with Crippen LogP contribution in [-0.2, 0) is 4.79 Å². The Hall–Kier alpha value is -0.570. The molecule has 4 aliphatic rings. The lowest BCUT2D eigenvalue weighted by molar-refractivity contribution is -0.129. The van der Waals surface area contributed by atoms with Crippen molar-refractivity contribution in [2.24, 2.45) is 23.2 Å². The number of hydrogen-bond donors (Lipinski definition) is 2. The summed E-state index contributed by atoms with van der Waals surface area (Å²) in [5.74, 6) is 2.97. The Bertz CT molecular complexity index is 291. The van der Waals surface area contributed by atoms with Crippen LogP contribution in [0.15, 0.2) is 0 Å². The van der Waals surface area contributed by atoms with Crippen LogP contribution < -0.4 is 5.32 Å². The van der Waals surface area contributed by atoms with Crippen molar-refractivity contribution in [1.82, 2.24) is 5.32 Å². The quantitative estimate of drug-likeness (QED) is 0.735. The fourth-order valence-corrected chi connectivity index (χ4v) is 5.22. The van der Waals surface area contributed by atoms with Gasteiger partial charge in [-0.3, -0.25) is 4.79 Å². The molecule has 0 saturated heterocycles. The fourth-order valence-electron chi connectivity index (χ4n) is 5.22. The number of aliphatic hydroxyl groups is 1. The smallest absolute Gasteiger partial charge is 0.220 e. The van der Waals surface area contributed by atoms with E-state index in [4.69, 9.17) is 5.11 Å². The van der Waals surface area contributed by atoms with Crippen LogP contribution in [-0.4, -0.2) is 24.2 Å². The summed E-state index contributed by atoms with van der Waals surface area (Å²) in [4.78, 5) is 12.0. The lowest BCUT2D eigenvalue weighted by Gasteiger charge is -2.56. The molecule has 4 saturated carbocycles. The Morgan fingerprint density at radius 2 is 1.67 bits per heavy atom. The van der Waals surface area contributed by atoms with Crippen molar-refractivity contribution < 1.29 is 9.90 Å². The van der Waals surface area contributed by atoms with Crippen LogP contribution in [0.4, 0.5) is 0 Å². The molecule has 18 heavy (non-hydrogen) atoms. The third-order valence-electron chi connectivity index (χ3n) is 5.36. The van der Waals surface area contributed by atoms with E-state index in [2.05, 4.69) is 5.32 Å². The summed E-state index contributed by atoms with van der Waals surface area (Å²) in [5, 5.41) is 11.7. The number of carbonyl (C=O) groups excluding carboxylic acids is 1. The number of carbonyl (C=O) groups is 1. The third-order valence-corrected chi connectivity index (χ3v) is 5.36. The average Bonchev–Trinajstić information content (AvgIpc) is 2.26. The van der Waals surface area contributed by atoms with E-state index < -0.39 is 0 Å². The van der Waals surface area contributed by atoms with Gasteiger partial charge < -0.3 is 10.4 Å². The van der Waals surface area contributed by atoms with Crippen LogP contribution in [0.5, 0.6) is 0 Å². The first-order valence-electron chi connectivity index (χ1n) is 7.57. The number of aliphatic hydroxyl groups excluding tert-OH is 1. The van der Waals surface area contributed by atoms with Crippen molar-refractivity contribution in [3.05, 3.63) is 0 Å². The fraction of sp³-hybridized carbons (Fsp3) is 0.933. The second-order valence-electron chi connectivity index (χ2n) is 7.02. The monoisotopic (exact) mass is 251 g/mol. The molecule has 3 heteroatoms. The van der Waals surface area contributed by atoms with Crippen LogP contribution in [0.2, 0.25) is 0 Å². The highest BCUT2D eigenvalue weighted by atomic mass is 16.3. The van der Waals surface area contributed by atoms with Gasteiger partial charge in [-0.1, -0.05) is 0 Å². The maximum atomic E-state index is 12.0. The van der Waals surface area contributed by atoms with E-state index in [0.29, 0.717) is 18.4 Å². The molecular weight excluding hydrogens is 226 g/mol. The Morgan fingerprint density at radius 1 is 1.11 bits per heavy atom. The van der Waals surface area contributed by atoms with Crippen LogP contribution in [0.3, 0.4) is 0 Å². The summed E-state index contributed by atoms with van der Waals surface area (Å²) in [6, 6.07) is 0. The first kappa shape index (κ1) is 12.5. The minimum Gasteiger partial charge on any atom is -0.396 e. The Kier molecular flexibility index (Phi) is 3.35. The first-order valence-corrected chi connectivity index (χ1v) is 7.57. The summed E-state index contributed by atoms with van der Waals surface area (Å²) >= 11 is 0. The Morgan fingerprint density at radius 3 is 2.17 bits per heavy atom. The van der Waals surface area contributed by atoms with Crippen LogP contribution >= 0.6 is 0 Å². The van der Waals surface area contributed by atoms with E-state index in [1.165, 1.54) is 38.5 Å². The molecule has 0 aromatic carbocycles. The predicted molar refractivity (Wildman–Crippen MR) is 69.9 cm³/mol. The van der Waals surface area contributed by atoms with Gasteiger partial charge in [0.2, 0.25) is 5.91 Å². The summed E-state index contributed by atoms with van der Waals surface area (Å²) < 4.78 is 0. The van der Waals surface area contributed by atoms with Gasteiger partial charge in [0.1, 0.15) is 0 Å². The van der Waals surface area contributed by atoms with Gasteiger partial charge in [0.25, 0.3) is 0 Å². The van der Waals surface area contributed by atoms with E-state index >= 15 is 0 Å². The van der Waals surface area contributed by atoms with Crippen molar-refractivity contribution in [1.29, 1.82) is 0 Å². The van der Waals surface area contributed by atoms with E-state index in [0.717, 1.165) is 24.2 Å². The lowest BCUT2D eigenvalue weighted by atomic mass is 9.49. The molecule has 102 valence electrons. The van der Waals surface area contributed by atoms with Gasteiger partial charge in [-0.25, -0.2) is 0 Å². The molecule has 4 rings (SSSR count). The highest BCUT2D eigenvalue weighted by Gasteiger charge is 2.51. The average molecular weight is 251 g/mol. The van der Waals surface area contributed by atoms with Crippen molar-refractivity contribution >= 4 is 5.91 Å². The van der Waals surface area contributed by atoms with E-state index in [1.807, 2.05) is 0 Å². The SMILES string of the molecule is O=C(CC12CC3CC(CC(C3)C1)C2)NCCCO. The molecule has 3 nitrogen and oxygen atoms in total. The standard InChI is InChI=1S/C15H25NO2/c17-3-1-2-16-14(18)10-15-7-11-4-12(8-15)6-13(5-11)9-15/h11-13,17H,1-10H2,(H,16,18). The molecule has 0 aromatic heterocycles. The van der Waals surface area contributed by atoms with Crippen LogP contribution in [0.1, 0.15) is 51.4 Å². The second kappa shape index (κ2) is 4.84. The highest BCUT2D eigenvalue weighted by molar-refractivity contribution is 5.76. The Labute approximate surface area is 109 Å². The van der Waals surface area contributed by atoms with Gasteiger partial charge in [-0.15, -0.1) is 0 Å². The maximum absolute atomic E-state index is 12.0. The minimum absolute atomic E-state index is 0.164. The zero-order valence-corrected chi connectivity index (χ0v) is 11.2. The molecule has 1 amide bonds. The molecule has 0 unspecified atom stereocenters. The minimum atomic E-state index is 0.164. The van der Waals surface area contributed by atoms with Crippen molar-refractivity contribution in [2.45, 2.75) is 51.4 Å². The molecule has 0 aliphatic heterocycles. The van der Waals surface area contributed by atoms with Crippen molar-refractivity contribution in [2.75, 3.05) is 13.2 Å². The maximum Gasteiger partial charge on any atom is 0.220 e. The zero-order chi connectivity index (χ0) is 12.6. The van der Waals surface area contributed by atoms with Gasteiger partial charge in [-0.2, -0.15) is 0 Å². The number of rotatable bonds is 5. The Balaban J connectivity index is 1.57. The summed E-state index contributed by atoms with van der Waals surface area (Å²) in [6.45, 7) is 0.791. The zero-order valence-electron chi connectivity index (χ0n) is 11.2. The topological polar surface area (TPSA) is 49.3 Å². The molecule has 0 atom stereocenters. The van der Waals surface area contributed by atoms with Gasteiger partial charge >= 0.3 is 0 Å². The number of hydrogen-bond acceptors (Lipinski definition) is 2.